The highest BCUT2D eigenvalue weighted by atomic mass is 16.7. The highest BCUT2D eigenvalue weighted by Gasteiger charge is 2.61. The van der Waals surface area contributed by atoms with Gasteiger partial charge in [-0.05, 0) is 47.0 Å². The second kappa shape index (κ2) is 9.87. The first kappa shape index (κ1) is 24.0. The molecular weight excluding hydrogens is 376 g/mol. The Morgan fingerprint density at radius 1 is 0.933 bits per heavy atom. The molecule has 0 radical (unpaired) electrons. The van der Waals surface area contributed by atoms with E-state index in [0.717, 1.165) is 6.42 Å². The minimum Gasteiger partial charge on any atom is -0.342 e. The van der Waals surface area contributed by atoms with Crippen molar-refractivity contribution in [3.8, 4) is 0 Å². The first-order valence-electron chi connectivity index (χ1n) is 12.6. The van der Waals surface area contributed by atoms with Crippen LogP contribution in [0.1, 0.15) is 118 Å². The van der Waals surface area contributed by atoms with E-state index in [1.165, 1.54) is 64.2 Å². The fourth-order valence-corrected chi connectivity index (χ4v) is 6.32. The third-order valence-corrected chi connectivity index (χ3v) is 7.33. The summed E-state index contributed by atoms with van der Waals surface area (Å²) in [6.45, 7) is 11.6. The van der Waals surface area contributed by atoms with E-state index >= 15 is 0 Å². The van der Waals surface area contributed by atoms with Crippen LogP contribution in [0.4, 0.5) is 0 Å². The average molecular weight is 423 g/mol. The van der Waals surface area contributed by atoms with E-state index in [-0.39, 0.29) is 23.2 Å². The molecule has 0 aromatic rings. The van der Waals surface area contributed by atoms with Gasteiger partial charge in [0.2, 0.25) is 0 Å². The lowest BCUT2D eigenvalue weighted by Gasteiger charge is -2.56. The van der Waals surface area contributed by atoms with E-state index in [4.69, 9.17) is 9.57 Å². The van der Waals surface area contributed by atoms with Crippen molar-refractivity contribution in [2.24, 2.45) is 5.92 Å². The van der Waals surface area contributed by atoms with Crippen LogP contribution in [0.25, 0.3) is 0 Å². The SMILES string of the molecule is CCCON1C(C)(C)CC2(CC1(C)C)OC(C1CCCCCCCCCC1)NC2=O. The second-order valence-corrected chi connectivity index (χ2v) is 11.3. The number of nitrogens with zero attached hydrogens (tertiary/aromatic N) is 1. The van der Waals surface area contributed by atoms with Crippen molar-refractivity contribution in [1.82, 2.24) is 10.4 Å². The molecule has 1 N–H and O–H groups in total. The second-order valence-electron chi connectivity index (χ2n) is 11.3. The lowest BCUT2D eigenvalue weighted by molar-refractivity contribution is -0.305. The highest BCUT2D eigenvalue weighted by molar-refractivity contribution is 5.87. The average Bonchev–Trinajstić information content (AvgIpc) is 2.91. The van der Waals surface area contributed by atoms with Gasteiger partial charge in [0.1, 0.15) is 6.23 Å². The van der Waals surface area contributed by atoms with Crippen molar-refractivity contribution >= 4 is 5.91 Å². The Bertz CT molecular complexity index is 545. The van der Waals surface area contributed by atoms with Crippen LogP contribution in [-0.2, 0) is 14.4 Å². The van der Waals surface area contributed by atoms with Crippen LogP contribution in [0, 0.1) is 5.92 Å². The van der Waals surface area contributed by atoms with E-state index in [9.17, 15) is 4.79 Å². The number of nitrogens with one attached hydrogen (secondary N) is 1. The van der Waals surface area contributed by atoms with Gasteiger partial charge in [-0.3, -0.25) is 9.63 Å². The number of carbonyl (C=O) groups excluding carboxylic acids is 1. The third kappa shape index (κ3) is 5.39. The topological polar surface area (TPSA) is 50.8 Å². The Hall–Kier alpha value is -0.650. The molecule has 2 heterocycles. The number of rotatable bonds is 4. The number of hydrogen-bond donors (Lipinski definition) is 1. The zero-order valence-electron chi connectivity index (χ0n) is 20.2. The van der Waals surface area contributed by atoms with Crippen LogP contribution >= 0.6 is 0 Å². The summed E-state index contributed by atoms with van der Waals surface area (Å²) < 4.78 is 6.72. The van der Waals surface area contributed by atoms with Crippen LogP contribution in [0.3, 0.4) is 0 Å². The van der Waals surface area contributed by atoms with Crippen LogP contribution in [0.5, 0.6) is 0 Å². The molecule has 3 aliphatic rings. The lowest BCUT2D eigenvalue weighted by Crippen LogP contribution is -2.67. The number of carbonyl (C=O) groups is 1. The summed E-state index contributed by atoms with van der Waals surface area (Å²) in [7, 11) is 0. The highest BCUT2D eigenvalue weighted by Crippen LogP contribution is 2.48. The molecule has 5 heteroatoms. The van der Waals surface area contributed by atoms with Gasteiger partial charge >= 0.3 is 0 Å². The Labute approximate surface area is 184 Å². The molecular formula is C25H46N2O3. The van der Waals surface area contributed by atoms with E-state index in [1.54, 1.807) is 0 Å². The molecule has 0 aromatic carbocycles. The minimum atomic E-state index is -0.740. The summed E-state index contributed by atoms with van der Waals surface area (Å²) >= 11 is 0. The standard InChI is InChI=1S/C25H46N2O3/c1-6-17-29-27-23(2,3)18-25(19-24(27,4)5)22(28)26-21(30-25)20-15-13-11-9-7-8-10-12-14-16-20/h20-21H,6-19H2,1-5H3,(H,26,28). The van der Waals surface area contributed by atoms with Gasteiger partial charge in [-0.1, -0.05) is 58.3 Å². The maximum Gasteiger partial charge on any atom is 0.254 e. The van der Waals surface area contributed by atoms with Crippen molar-refractivity contribution in [3.63, 3.8) is 0 Å². The third-order valence-electron chi connectivity index (χ3n) is 7.33. The van der Waals surface area contributed by atoms with Crippen molar-refractivity contribution < 1.29 is 14.4 Å². The maximum absolute atomic E-state index is 13.3. The lowest BCUT2D eigenvalue weighted by atomic mass is 9.72. The van der Waals surface area contributed by atoms with Gasteiger partial charge in [0.05, 0.1) is 6.61 Å². The Kier molecular flexibility index (Phi) is 7.90. The van der Waals surface area contributed by atoms with Crippen LogP contribution in [-0.4, -0.2) is 40.5 Å². The summed E-state index contributed by atoms with van der Waals surface area (Å²) in [5.41, 5.74) is -1.27. The Morgan fingerprint density at radius 3 is 1.93 bits per heavy atom. The normalized spacial score (nSPS) is 30.7. The van der Waals surface area contributed by atoms with E-state index in [2.05, 4.69) is 45.0 Å². The smallest absolute Gasteiger partial charge is 0.254 e. The summed E-state index contributed by atoms with van der Waals surface area (Å²) in [5, 5.41) is 5.43. The molecule has 1 atom stereocenters. The number of hydrogen-bond acceptors (Lipinski definition) is 4. The monoisotopic (exact) mass is 422 g/mol. The van der Waals surface area contributed by atoms with Gasteiger partial charge in [0, 0.05) is 29.8 Å². The molecule has 1 saturated carbocycles. The van der Waals surface area contributed by atoms with Crippen molar-refractivity contribution in [2.45, 2.75) is 141 Å². The van der Waals surface area contributed by atoms with Gasteiger partial charge in [0.15, 0.2) is 5.60 Å². The molecule has 0 bridgehead atoms. The number of ether oxygens (including phenoxy) is 1. The number of piperidine rings is 1. The van der Waals surface area contributed by atoms with Crippen LogP contribution < -0.4 is 5.32 Å². The van der Waals surface area contributed by atoms with Crippen molar-refractivity contribution in [3.05, 3.63) is 0 Å². The van der Waals surface area contributed by atoms with Gasteiger partial charge in [-0.15, -0.1) is 0 Å². The Balaban J connectivity index is 1.73. The molecule has 2 saturated heterocycles. The summed E-state index contributed by atoms with van der Waals surface area (Å²) in [6, 6.07) is 0. The molecule has 1 amide bonds. The Morgan fingerprint density at radius 2 is 1.43 bits per heavy atom. The zero-order chi connectivity index (χ0) is 21.8. The molecule has 5 nitrogen and oxygen atoms in total. The van der Waals surface area contributed by atoms with Crippen molar-refractivity contribution in [1.29, 1.82) is 0 Å². The minimum absolute atomic E-state index is 0.0955. The predicted molar refractivity (Wildman–Crippen MR) is 121 cm³/mol. The largest absolute Gasteiger partial charge is 0.342 e. The molecule has 30 heavy (non-hydrogen) atoms. The predicted octanol–water partition coefficient (Wildman–Crippen LogP) is 5.72. The zero-order valence-corrected chi connectivity index (χ0v) is 20.2. The fourth-order valence-electron chi connectivity index (χ4n) is 6.32. The number of amides is 1. The molecule has 0 aromatic heterocycles. The molecule has 174 valence electrons. The maximum atomic E-state index is 13.3. The van der Waals surface area contributed by atoms with Gasteiger partial charge in [0.25, 0.3) is 5.91 Å². The first-order valence-corrected chi connectivity index (χ1v) is 12.6. The van der Waals surface area contributed by atoms with Crippen molar-refractivity contribution in [2.75, 3.05) is 6.61 Å². The van der Waals surface area contributed by atoms with E-state index in [1.807, 2.05) is 0 Å². The summed E-state index contributed by atoms with van der Waals surface area (Å²) in [6.07, 6.45) is 15.1. The number of hydroxylamine groups is 2. The first-order chi connectivity index (χ1) is 14.2. The molecule has 1 aliphatic carbocycles. The molecule has 3 rings (SSSR count). The summed E-state index contributed by atoms with van der Waals surface area (Å²) in [5.74, 6) is 0.533. The van der Waals surface area contributed by atoms with E-state index < -0.39 is 5.60 Å². The van der Waals surface area contributed by atoms with E-state index in [0.29, 0.717) is 25.4 Å². The quantitative estimate of drug-likeness (QED) is 0.629. The fraction of sp³-hybridized carbons (Fsp3) is 0.960. The van der Waals surface area contributed by atoms with Crippen LogP contribution in [0.15, 0.2) is 0 Å². The van der Waals surface area contributed by atoms with Crippen LogP contribution in [0.2, 0.25) is 0 Å². The summed E-state index contributed by atoms with van der Waals surface area (Å²) in [4.78, 5) is 19.5. The molecule has 1 spiro atoms. The van der Waals surface area contributed by atoms with Gasteiger partial charge in [-0.25, -0.2) is 0 Å². The van der Waals surface area contributed by atoms with Gasteiger partial charge in [-0.2, -0.15) is 5.06 Å². The molecule has 1 unspecified atom stereocenters. The van der Waals surface area contributed by atoms with Gasteiger partial charge < -0.3 is 10.1 Å². The molecule has 3 fully saturated rings. The molecule has 2 aliphatic heterocycles.